The van der Waals surface area contributed by atoms with Crippen LogP contribution >= 0.6 is 0 Å². The number of pyridine rings is 1. The van der Waals surface area contributed by atoms with E-state index >= 15 is 0 Å². The molecule has 0 aliphatic carbocycles. The molecular formula is C14H13NO2. The van der Waals surface area contributed by atoms with Crippen LogP contribution in [0.5, 0.6) is 5.75 Å². The summed E-state index contributed by atoms with van der Waals surface area (Å²) < 4.78 is 5.46. The molecule has 86 valence electrons. The maximum Gasteiger partial charge on any atom is 0.166 e. The summed E-state index contributed by atoms with van der Waals surface area (Å²) in [6, 6.07) is 12.9. The van der Waals surface area contributed by atoms with Crippen molar-refractivity contribution in [3.05, 3.63) is 60.4 Å². The molecule has 0 radical (unpaired) electrons. The van der Waals surface area contributed by atoms with Crippen molar-refractivity contribution in [2.75, 3.05) is 6.61 Å². The van der Waals surface area contributed by atoms with Crippen LogP contribution in [0.25, 0.3) is 0 Å². The molecule has 0 saturated heterocycles. The number of hydrogen-bond acceptors (Lipinski definition) is 3. The van der Waals surface area contributed by atoms with E-state index in [1.807, 2.05) is 30.3 Å². The van der Waals surface area contributed by atoms with E-state index in [1.165, 1.54) is 0 Å². The van der Waals surface area contributed by atoms with Crippen molar-refractivity contribution in [2.45, 2.75) is 6.42 Å². The minimum absolute atomic E-state index is 0.0725. The van der Waals surface area contributed by atoms with Gasteiger partial charge < -0.3 is 4.74 Å². The van der Waals surface area contributed by atoms with Crippen LogP contribution in [0.3, 0.4) is 0 Å². The van der Waals surface area contributed by atoms with E-state index in [2.05, 4.69) is 4.98 Å². The highest BCUT2D eigenvalue weighted by atomic mass is 16.5. The van der Waals surface area contributed by atoms with Crippen molar-refractivity contribution < 1.29 is 9.53 Å². The number of nitrogens with zero attached hydrogens (tertiary/aromatic N) is 1. The number of hydrogen-bond donors (Lipinski definition) is 0. The van der Waals surface area contributed by atoms with Gasteiger partial charge in [0.2, 0.25) is 0 Å². The lowest BCUT2D eigenvalue weighted by Gasteiger charge is -2.05. The average molecular weight is 227 g/mol. The van der Waals surface area contributed by atoms with Crippen LogP contribution in [0.15, 0.2) is 54.9 Å². The third-order valence-corrected chi connectivity index (χ3v) is 2.34. The van der Waals surface area contributed by atoms with Crippen LogP contribution in [0.2, 0.25) is 0 Å². The molecule has 3 nitrogen and oxygen atoms in total. The molecule has 3 heteroatoms. The molecule has 0 aliphatic heterocycles. The Morgan fingerprint density at radius 3 is 2.47 bits per heavy atom. The number of aromatic nitrogens is 1. The largest absolute Gasteiger partial charge is 0.493 e. The lowest BCUT2D eigenvalue weighted by molar-refractivity contribution is 0.0962. The lowest BCUT2D eigenvalue weighted by Crippen LogP contribution is -2.06. The van der Waals surface area contributed by atoms with Crippen molar-refractivity contribution in [3.63, 3.8) is 0 Å². The SMILES string of the molecule is O=C(CCOc1ccccc1)c1ccncc1. The van der Waals surface area contributed by atoms with E-state index in [0.717, 1.165) is 5.75 Å². The predicted octanol–water partition coefficient (Wildman–Crippen LogP) is 2.73. The number of rotatable bonds is 5. The van der Waals surface area contributed by atoms with Gasteiger partial charge >= 0.3 is 0 Å². The van der Waals surface area contributed by atoms with Crippen molar-refractivity contribution in [3.8, 4) is 5.75 Å². The van der Waals surface area contributed by atoms with Gasteiger partial charge in [0.25, 0.3) is 0 Å². The Kier molecular flexibility index (Phi) is 3.86. The molecule has 0 unspecified atom stereocenters. The molecule has 0 spiro atoms. The van der Waals surface area contributed by atoms with Crippen LogP contribution < -0.4 is 4.74 Å². The summed E-state index contributed by atoms with van der Waals surface area (Å²) in [5.74, 6) is 0.860. The zero-order valence-corrected chi connectivity index (χ0v) is 9.37. The molecular weight excluding hydrogens is 214 g/mol. The molecule has 0 amide bonds. The topological polar surface area (TPSA) is 39.2 Å². The Balaban J connectivity index is 1.82. The molecule has 0 fully saturated rings. The maximum absolute atomic E-state index is 11.7. The molecule has 2 aromatic rings. The zero-order chi connectivity index (χ0) is 11.9. The van der Waals surface area contributed by atoms with Gasteiger partial charge in [0.15, 0.2) is 5.78 Å². The molecule has 0 atom stereocenters. The van der Waals surface area contributed by atoms with Crippen molar-refractivity contribution in [2.24, 2.45) is 0 Å². The molecule has 1 heterocycles. The minimum atomic E-state index is 0.0725. The summed E-state index contributed by atoms with van der Waals surface area (Å²) in [5.41, 5.74) is 0.677. The van der Waals surface area contributed by atoms with Crippen LogP contribution in [0.4, 0.5) is 0 Å². The highest BCUT2D eigenvalue weighted by Gasteiger charge is 2.04. The number of benzene rings is 1. The zero-order valence-electron chi connectivity index (χ0n) is 9.37. The second-order valence-electron chi connectivity index (χ2n) is 3.57. The van der Waals surface area contributed by atoms with Gasteiger partial charge in [-0.3, -0.25) is 9.78 Å². The standard InChI is InChI=1S/C14H13NO2/c16-14(12-6-9-15-10-7-12)8-11-17-13-4-2-1-3-5-13/h1-7,9-10H,8,11H2. The summed E-state index contributed by atoms with van der Waals surface area (Å²) >= 11 is 0. The van der Waals surface area contributed by atoms with E-state index in [9.17, 15) is 4.79 Å². The minimum Gasteiger partial charge on any atom is -0.493 e. The lowest BCUT2D eigenvalue weighted by atomic mass is 10.1. The van der Waals surface area contributed by atoms with Gasteiger partial charge in [-0.25, -0.2) is 0 Å². The first-order valence-electron chi connectivity index (χ1n) is 5.47. The van der Waals surface area contributed by atoms with Crippen molar-refractivity contribution in [1.29, 1.82) is 0 Å². The van der Waals surface area contributed by atoms with E-state index in [1.54, 1.807) is 24.5 Å². The highest BCUT2D eigenvalue weighted by molar-refractivity contribution is 5.95. The fraction of sp³-hybridized carbons (Fsp3) is 0.143. The van der Waals surface area contributed by atoms with Crippen LogP contribution in [0, 0.1) is 0 Å². The van der Waals surface area contributed by atoms with E-state index in [4.69, 9.17) is 4.74 Å². The van der Waals surface area contributed by atoms with Crippen LogP contribution in [-0.4, -0.2) is 17.4 Å². The maximum atomic E-state index is 11.7. The van der Waals surface area contributed by atoms with E-state index < -0.39 is 0 Å². The molecule has 17 heavy (non-hydrogen) atoms. The molecule has 1 aromatic heterocycles. The van der Waals surface area contributed by atoms with Crippen LogP contribution in [-0.2, 0) is 0 Å². The Bertz CT molecular complexity index is 468. The molecule has 0 N–H and O–H groups in total. The normalized spacial score (nSPS) is 9.88. The summed E-state index contributed by atoms with van der Waals surface area (Å²) in [6.07, 6.45) is 3.61. The number of Topliss-reactive ketones (excluding diaryl/α,β-unsaturated/α-hetero) is 1. The third-order valence-electron chi connectivity index (χ3n) is 2.34. The summed E-state index contributed by atoms with van der Waals surface area (Å²) in [5, 5.41) is 0. The van der Waals surface area contributed by atoms with Gasteiger partial charge in [0.05, 0.1) is 6.61 Å². The molecule has 0 aliphatic rings. The van der Waals surface area contributed by atoms with E-state index in [0.29, 0.717) is 18.6 Å². The smallest absolute Gasteiger partial charge is 0.166 e. The fourth-order valence-electron chi connectivity index (χ4n) is 1.46. The monoisotopic (exact) mass is 227 g/mol. The first-order valence-corrected chi connectivity index (χ1v) is 5.47. The Morgan fingerprint density at radius 2 is 1.76 bits per heavy atom. The summed E-state index contributed by atoms with van der Waals surface area (Å²) in [4.78, 5) is 15.6. The van der Waals surface area contributed by atoms with Gasteiger partial charge in [-0.2, -0.15) is 0 Å². The second kappa shape index (κ2) is 5.80. The first kappa shape index (κ1) is 11.3. The van der Waals surface area contributed by atoms with Crippen LogP contribution in [0.1, 0.15) is 16.8 Å². The summed E-state index contributed by atoms with van der Waals surface area (Å²) in [6.45, 7) is 0.394. The van der Waals surface area contributed by atoms with Crippen molar-refractivity contribution >= 4 is 5.78 Å². The Morgan fingerprint density at radius 1 is 1.06 bits per heavy atom. The molecule has 1 aromatic carbocycles. The number of carbonyl (C=O) groups excluding carboxylic acids is 1. The third kappa shape index (κ3) is 3.41. The van der Waals surface area contributed by atoms with Gasteiger partial charge in [-0.1, -0.05) is 18.2 Å². The number of carbonyl (C=O) groups is 1. The van der Waals surface area contributed by atoms with Gasteiger partial charge in [-0.15, -0.1) is 0 Å². The quantitative estimate of drug-likeness (QED) is 0.737. The molecule has 2 rings (SSSR count). The number of ether oxygens (including phenoxy) is 1. The van der Waals surface area contributed by atoms with Gasteiger partial charge in [0, 0.05) is 24.4 Å². The molecule has 0 bridgehead atoms. The fourth-order valence-corrected chi connectivity index (χ4v) is 1.46. The summed E-state index contributed by atoms with van der Waals surface area (Å²) in [7, 11) is 0. The first-order chi connectivity index (χ1) is 8.36. The highest BCUT2D eigenvalue weighted by Crippen LogP contribution is 2.09. The average Bonchev–Trinajstić information content (AvgIpc) is 2.41. The molecule has 0 saturated carbocycles. The van der Waals surface area contributed by atoms with Crippen molar-refractivity contribution in [1.82, 2.24) is 4.98 Å². The van der Waals surface area contributed by atoms with E-state index in [-0.39, 0.29) is 5.78 Å². The predicted molar refractivity (Wildman–Crippen MR) is 65.1 cm³/mol. The van der Waals surface area contributed by atoms with Gasteiger partial charge in [0.1, 0.15) is 5.75 Å². The Hall–Kier alpha value is -2.16. The second-order valence-corrected chi connectivity index (χ2v) is 3.57. The van der Waals surface area contributed by atoms with Gasteiger partial charge in [-0.05, 0) is 24.3 Å². The Labute approximate surface area is 100 Å². The number of ketones is 1. The number of para-hydroxylation sites is 1.